The van der Waals surface area contributed by atoms with Gasteiger partial charge in [-0.15, -0.1) is 0 Å². The molecular weight excluding hydrogens is 202 g/mol. The highest BCUT2D eigenvalue weighted by Gasteiger charge is 2.19. The molecule has 0 aliphatic carbocycles. The number of carbonyl (C=O) groups is 2. The van der Waals surface area contributed by atoms with Gasteiger partial charge in [-0.3, -0.25) is 4.79 Å². The van der Waals surface area contributed by atoms with Gasteiger partial charge in [0.2, 0.25) is 0 Å². The maximum atomic E-state index is 10.5. The molecule has 0 fully saturated rings. The molecule has 0 aromatic heterocycles. The van der Waals surface area contributed by atoms with E-state index in [1.807, 2.05) is 0 Å². The third-order valence-electron chi connectivity index (χ3n) is 1.88. The van der Waals surface area contributed by atoms with Gasteiger partial charge in [0.05, 0.1) is 5.56 Å². The van der Waals surface area contributed by atoms with E-state index in [9.17, 15) is 14.7 Å². The number of rotatable bonds is 3. The fraction of sp³-hybridized carbons (Fsp3) is 0.111. The highest BCUT2D eigenvalue weighted by molar-refractivity contribution is 5.88. The summed E-state index contributed by atoms with van der Waals surface area (Å²) in [6.07, 6.45) is 0. The molecule has 1 atom stereocenters. The molecule has 1 rings (SSSR count). The molecule has 0 aliphatic rings. The second-order valence-electron chi connectivity index (χ2n) is 2.89. The molecule has 80 valence electrons. The van der Waals surface area contributed by atoms with Crippen molar-refractivity contribution in [3.8, 4) is 5.75 Å². The molecule has 0 spiro atoms. The van der Waals surface area contributed by atoms with Gasteiger partial charge < -0.3 is 21.1 Å². The maximum absolute atomic E-state index is 10.5. The van der Waals surface area contributed by atoms with E-state index in [0.717, 1.165) is 6.07 Å². The van der Waals surface area contributed by atoms with E-state index in [-0.39, 0.29) is 11.1 Å². The Hall–Kier alpha value is -2.08. The van der Waals surface area contributed by atoms with E-state index in [1.165, 1.54) is 12.1 Å². The lowest BCUT2D eigenvalue weighted by Gasteiger charge is -2.09. The lowest BCUT2D eigenvalue weighted by molar-refractivity contribution is -0.138. The number of nitrogens with two attached hydrogens (primary N) is 1. The van der Waals surface area contributed by atoms with Crippen LogP contribution in [0.15, 0.2) is 18.2 Å². The van der Waals surface area contributed by atoms with Gasteiger partial charge in [-0.2, -0.15) is 0 Å². The summed E-state index contributed by atoms with van der Waals surface area (Å²) >= 11 is 0. The van der Waals surface area contributed by atoms with Crippen molar-refractivity contribution in [1.82, 2.24) is 0 Å². The summed E-state index contributed by atoms with van der Waals surface area (Å²) < 4.78 is 0. The van der Waals surface area contributed by atoms with Crippen LogP contribution in [0.3, 0.4) is 0 Å². The summed E-state index contributed by atoms with van der Waals surface area (Å²) in [4.78, 5) is 21.0. The number of carboxylic acids is 2. The van der Waals surface area contributed by atoms with E-state index in [4.69, 9.17) is 15.9 Å². The van der Waals surface area contributed by atoms with Gasteiger partial charge in [0, 0.05) is 5.56 Å². The van der Waals surface area contributed by atoms with E-state index in [0.29, 0.717) is 0 Å². The molecule has 6 nitrogen and oxygen atoms in total. The number of aromatic carboxylic acids is 1. The molecule has 5 N–H and O–H groups in total. The molecule has 0 unspecified atom stereocenters. The molecule has 0 saturated heterocycles. The van der Waals surface area contributed by atoms with Crippen molar-refractivity contribution in [1.29, 1.82) is 0 Å². The molecule has 15 heavy (non-hydrogen) atoms. The first-order valence-electron chi connectivity index (χ1n) is 3.98. The van der Waals surface area contributed by atoms with Gasteiger partial charge in [-0.25, -0.2) is 4.79 Å². The Morgan fingerprint density at radius 2 is 1.87 bits per heavy atom. The number of hydrogen-bond acceptors (Lipinski definition) is 4. The highest BCUT2D eigenvalue weighted by Crippen LogP contribution is 2.24. The van der Waals surface area contributed by atoms with Crippen LogP contribution in [0.4, 0.5) is 0 Å². The Balaban J connectivity index is 3.13. The van der Waals surface area contributed by atoms with Crippen molar-refractivity contribution in [2.24, 2.45) is 5.73 Å². The Morgan fingerprint density at radius 3 is 2.27 bits per heavy atom. The van der Waals surface area contributed by atoms with Crippen LogP contribution >= 0.6 is 0 Å². The van der Waals surface area contributed by atoms with Crippen molar-refractivity contribution in [3.05, 3.63) is 29.3 Å². The van der Waals surface area contributed by atoms with Crippen LogP contribution in [0, 0.1) is 0 Å². The minimum atomic E-state index is -1.37. The van der Waals surface area contributed by atoms with Crippen LogP contribution in [0.2, 0.25) is 0 Å². The number of hydrogen-bond donors (Lipinski definition) is 4. The minimum Gasteiger partial charge on any atom is -0.508 e. The lowest BCUT2D eigenvalue weighted by atomic mass is 10.0. The average molecular weight is 211 g/mol. The third kappa shape index (κ3) is 2.23. The lowest BCUT2D eigenvalue weighted by Crippen LogP contribution is -2.20. The highest BCUT2D eigenvalue weighted by atomic mass is 16.4. The quantitative estimate of drug-likeness (QED) is 0.565. The summed E-state index contributed by atoms with van der Waals surface area (Å²) in [6, 6.07) is 1.95. The molecule has 1 aromatic carbocycles. The second-order valence-corrected chi connectivity index (χ2v) is 2.89. The summed E-state index contributed by atoms with van der Waals surface area (Å²) in [5.41, 5.74) is 5.11. The Labute approximate surface area is 84.6 Å². The van der Waals surface area contributed by atoms with E-state index in [2.05, 4.69) is 0 Å². The van der Waals surface area contributed by atoms with Crippen LogP contribution in [0.5, 0.6) is 5.75 Å². The smallest absolute Gasteiger partial charge is 0.335 e. The maximum Gasteiger partial charge on any atom is 0.335 e. The molecule has 0 bridgehead atoms. The number of aromatic hydroxyl groups is 1. The van der Waals surface area contributed by atoms with Gasteiger partial charge in [0.15, 0.2) is 0 Å². The molecular formula is C9H9NO5. The van der Waals surface area contributed by atoms with Crippen molar-refractivity contribution in [2.75, 3.05) is 0 Å². The predicted octanol–water partition coefficient (Wildman–Crippen LogP) is 0.175. The normalized spacial score (nSPS) is 12.1. The van der Waals surface area contributed by atoms with E-state index >= 15 is 0 Å². The fourth-order valence-electron chi connectivity index (χ4n) is 1.07. The number of phenols is 1. The van der Waals surface area contributed by atoms with Gasteiger partial charge in [-0.05, 0) is 12.1 Å². The van der Waals surface area contributed by atoms with Crippen molar-refractivity contribution in [3.63, 3.8) is 0 Å². The standard InChI is InChI=1S/C9H9NO5/c10-7(9(14)15)5-2-1-4(8(12)13)3-6(5)11/h1-3,7,11H,10H2,(H,12,13)(H,14,15)/t7-/m1/s1. The first-order valence-corrected chi connectivity index (χ1v) is 3.98. The van der Waals surface area contributed by atoms with Gasteiger partial charge in [0.1, 0.15) is 11.8 Å². The first kappa shape index (κ1) is 11.0. The van der Waals surface area contributed by atoms with Gasteiger partial charge in [-0.1, -0.05) is 6.07 Å². The van der Waals surface area contributed by atoms with Gasteiger partial charge >= 0.3 is 11.9 Å². The van der Waals surface area contributed by atoms with E-state index < -0.39 is 23.7 Å². The topological polar surface area (TPSA) is 121 Å². The molecule has 1 aromatic rings. The SMILES string of the molecule is N[C@@H](C(=O)O)c1ccc(C(=O)O)cc1O. The monoisotopic (exact) mass is 211 g/mol. The van der Waals surface area contributed by atoms with Crippen LogP contribution < -0.4 is 5.73 Å². The Bertz CT molecular complexity index is 415. The average Bonchev–Trinajstić information content (AvgIpc) is 2.16. The minimum absolute atomic E-state index is 0.0208. The third-order valence-corrected chi connectivity index (χ3v) is 1.88. The Kier molecular flexibility index (Phi) is 2.91. The number of benzene rings is 1. The molecule has 6 heteroatoms. The van der Waals surface area contributed by atoms with Crippen LogP contribution in [-0.2, 0) is 4.79 Å². The molecule has 0 radical (unpaired) electrons. The number of carboxylic acid groups (broad SMARTS) is 2. The fourth-order valence-corrected chi connectivity index (χ4v) is 1.07. The van der Waals surface area contributed by atoms with Crippen molar-refractivity contribution >= 4 is 11.9 Å². The molecule has 0 amide bonds. The zero-order valence-electron chi connectivity index (χ0n) is 7.54. The zero-order chi connectivity index (χ0) is 11.6. The van der Waals surface area contributed by atoms with Crippen LogP contribution in [0.1, 0.15) is 22.0 Å². The molecule has 0 heterocycles. The van der Waals surface area contributed by atoms with Crippen LogP contribution in [0.25, 0.3) is 0 Å². The van der Waals surface area contributed by atoms with Gasteiger partial charge in [0.25, 0.3) is 0 Å². The molecule has 0 saturated carbocycles. The zero-order valence-corrected chi connectivity index (χ0v) is 7.54. The summed E-state index contributed by atoms with van der Waals surface area (Å²) in [7, 11) is 0. The number of aliphatic carboxylic acids is 1. The summed E-state index contributed by atoms with van der Waals surface area (Å²) in [6.45, 7) is 0. The molecule has 0 aliphatic heterocycles. The summed E-state index contributed by atoms with van der Waals surface area (Å²) in [5, 5.41) is 26.5. The predicted molar refractivity (Wildman–Crippen MR) is 49.6 cm³/mol. The largest absolute Gasteiger partial charge is 0.508 e. The summed E-state index contributed by atoms with van der Waals surface area (Å²) in [5.74, 6) is -2.95. The van der Waals surface area contributed by atoms with Crippen LogP contribution in [-0.4, -0.2) is 27.3 Å². The van der Waals surface area contributed by atoms with E-state index in [1.54, 1.807) is 0 Å². The second kappa shape index (κ2) is 3.97. The van der Waals surface area contributed by atoms with Crippen molar-refractivity contribution < 1.29 is 24.9 Å². The number of phenolic OH excluding ortho intramolecular Hbond substituents is 1. The van der Waals surface area contributed by atoms with Crippen molar-refractivity contribution in [2.45, 2.75) is 6.04 Å². The first-order chi connectivity index (χ1) is 6.93. The Morgan fingerprint density at radius 1 is 1.27 bits per heavy atom.